The second-order valence-electron chi connectivity index (χ2n) is 6.66. The van der Waals surface area contributed by atoms with E-state index in [1.165, 1.54) is 29.9 Å². The van der Waals surface area contributed by atoms with Crippen LogP contribution < -0.4 is 5.32 Å². The van der Waals surface area contributed by atoms with Gasteiger partial charge in [0.2, 0.25) is 5.91 Å². The predicted octanol–water partition coefficient (Wildman–Crippen LogP) is 1.24. The Morgan fingerprint density at radius 3 is 2.86 bits per heavy atom. The maximum Gasteiger partial charge on any atom is 0.315 e. The van der Waals surface area contributed by atoms with Gasteiger partial charge in [-0.25, -0.2) is 9.97 Å². The summed E-state index contributed by atoms with van der Waals surface area (Å²) in [7, 11) is 0. The number of amides is 2. The van der Waals surface area contributed by atoms with Crippen molar-refractivity contribution < 1.29 is 19.1 Å². The number of carbonyl (C=O) groups excluding carboxylic acids is 3. The van der Waals surface area contributed by atoms with Crippen LogP contribution >= 0.6 is 11.3 Å². The van der Waals surface area contributed by atoms with Crippen molar-refractivity contribution in [1.29, 1.82) is 0 Å². The summed E-state index contributed by atoms with van der Waals surface area (Å²) in [5, 5.41) is 3.30. The normalized spacial score (nSPS) is 18.3. The third kappa shape index (κ3) is 3.47. The summed E-state index contributed by atoms with van der Waals surface area (Å²) in [6.45, 7) is 2.77. The summed E-state index contributed by atoms with van der Waals surface area (Å²) >= 11 is 1.40. The standard InChI is InChI=1S/C18H19N5O4S/c1-2-27-17(26)11-3-4-13-14(11)21-18(28-13)22-15(24)10-8-23(9-10)16(25)12-7-19-5-6-20-12/h5-7,10-11H,2-4,8-9H2,1H3,(H,21,22,24)/t11-/m0/s1. The molecule has 2 aromatic heterocycles. The third-order valence-corrected chi connectivity index (χ3v) is 5.89. The molecule has 0 aromatic carbocycles. The van der Waals surface area contributed by atoms with Gasteiger partial charge < -0.3 is 15.0 Å². The minimum absolute atomic E-state index is 0.177. The molecule has 28 heavy (non-hydrogen) atoms. The number of ether oxygens (including phenoxy) is 1. The van der Waals surface area contributed by atoms with Crippen molar-refractivity contribution in [2.45, 2.75) is 25.7 Å². The molecule has 1 aliphatic carbocycles. The van der Waals surface area contributed by atoms with Gasteiger partial charge in [-0.1, -0.05) is 0 Å². The topological polar surface area (TPSA) is 114 Å². The smallest absolute Gasteiger partial charge is 0.315 e. The first-order valence-corrected chi connectivity index (χ1v) is 9.90. The highest BCUT2D eigenvalue weighted by Crippen LogP contribution is 2.39. The lowest BCUT2D eigenvalue weighted by Gasteiger charge is -2.37. The van der Waals surface area contributed by atoms with Crippen molar-refractivity contribution >= 4 is 34.3 Å². The van der Waals surface area contributed by atoms with E-state index in [1.54, 1.807) is 11.8 Å². The highest BCUT2D eigenvalue weighted by molar-refractivity contribution is 7.16. The van der Waals surface area contributed by atoms with Crippen molar-refractivity contribution in [2.24, 2.45) is 5.92 Å². The first kappa shape index (κ1) is 18.5. The number of anilines is 1. The van der Waals surface area contributed by atoms with Crippen LogP contribution in [-0.4, -0.2) is 57.3 Å². The monoisotopic (exact) mass is 401 g/mol. The molecule has 2 amide bonds. The SMILES string of the molecule is CCOC(=O)[C@H]1CCc2sc(NC(=O)C3CN(C(=O)c4cnccn4)C3)nc21. The van der Waals surface area contributed by atoms with Crippen LogP contribution in [-0.2, 0) is 20.7 Å². The number of fused-ring (bicyclic) bond motifs is 1. The number of esters is 1. The molecule has 0 saturated carbocycles. The van der Waals surface area contributed by atoms with Crippen LogP contribution in [0.2, 0.25) is 0 Å². The number of carbonyl (C=O) groups is 3. The highest BCUT2D eigenvalue weighted by atomic mass is 32.1. The maximum absolute atomic E-state index is 12.4. The maximum atomic E-state index is 12.4. The Labute approximate surface area is 165 Å². The molecule has 1 aliphatic heterocycles. The zero-order valence-electron chi connectivity index (χ0n) is 15.3. The number of nitrogens with zero attached hydrogens (tertiary/aromatic N) is 4. The molecular formula is C18H19N5O4S. The van der Waals surface area contributed by atoms with Crippen molar-refractivity contribution in [3.05, 3.63) is 34.9 Å². The summed E-state index contributed by atoms with van der Waals surface area (Å²) in [4.78, 5) is 51.6. The van der Waals surface area contributed by atoms with Crippen LogP contribution in [0.5, 0.6) is 0 Å². The number of aryl methyl sites for hydroxylation is 1. The highest BCUT2D eigenvalue weighted by Gasteiger charge is 2.38. The fourth-order valence-electron chi connectivity index (χ4n) is 3.34. The van der Waals surface area contributed by atoms with Gasteiger partial charge in [0.25, 0.3) is 5.91 Å². The van der Waals surface area contributed by atoms with Gasteiger partial charge in [0.1, 0.15) is 11.6 Å². The van der Waals surface area contributed by atoms with E-state index in [1.807, 2.05) is 0 Å². The lowest BCUT2D eigenvalue weighted by atomic mass is 9.99. The second kappa shape index (κ2) is 7.63. The molecule has 2 aromatic rings. The summed E-state index contributed by atoms with van der Waals surface area (Å²) in [5.41, 5.74) is 0.981. The summed E-state index contributed by atoms with van der Waals surface area (Å²) < 4.78 is 5.10. The fourth-order valence-corrected chi connectivity index (χ4v) is 4.38. The van der Waals surface area contributed by atoms with Crippen molar-refractivity contribution in [2.75, 3.05) is 25.0 Å². The van der Waals surface area contributed by atoms with Gasteiger partial charge in [0.05, 0.1) is 24.4 Å². The van der Waals surface area contributed by atoms with Gasteiger partial charge in [-0.3, -0.25) is 19.4 Å². The average molecular weight is 401 g/mol. The minimum atomic E-state index is -0.347. The Balaban J connectivity index is 1.33. The van der Waals surface area contributed by atoms with Crippen LogP contribution in [0.3, 0.4) is 0 Å². The van der Waals surface area contributed by atoms with E-state index in [0.717, 1.165) is 11.3 Å². The van der Waals surface area contributed by atoms with E-state index in [0.29, 0.717) is 36.9 Å². The van der Waals surface area contributed by atoms with Crippen LogP contribution in [0.1, 0.15) is 40.3 Å². The van der Waals surface area contributed by atoms with Crippen LogP contribution in [0, 0.1) is 5.92 Å². The molecule has 3 heterocycles. The lowest BCUT2D eigenvalue weighted by molar-refractivity contribution is -0.145. The number of likely N-dealkylation sites (tertiary alicyclic amines) is 1. The molecule has 0 spiro atoms. The molecule has 9 nitrogen and oxygen atoms in total. The average Bonchev–Trinajstić information content (AvgIpc) is 3.21. The predicted molar refractivity (Wildman–Crippen MR) is 99.9 cm³/mol. The minimum Gasteiger partial charge on any atom is -0.465 e. The number of hydrogen-bond donors (Lipinski definition) is 1. The van der Waals surface area contributed by atoms with Crippen molar-refractivity contribution in [1.82, 2.24) is 19.9 Å². The molecule has 0 radical (unpaired) electrons. The molecule has 2 aliphatic rings. The fraction of sp³-hybridized carbons (Fsp3) is 0.444. The summed E-state index contributed by atoms with van der Waals surface area (Å²) in [6.07, 6.45) is 5.83. The van der Waals surface area contributed by atoms with E-state index in [-0.39, 0.29) is 35.3 Å². The third-order valence-electron chi connectivity index (χ3n) is 4.84. The summed E-state index contributed by atoms with van der Waals surface area (Å²) in [6, 6.07) is 0. The Morgan fingerprint density at radius 1 is 1.32 bits per heavy atom. The van der Waals surface area contributed by atoms with Gasteiger partial charge in [-0.05, 0) is 19.8 Å². The molecule has 1 saturated heterocycles. The van der Waals surface area contributed by atoms with E-state index >= 15 is 0 Å². The van der Waals surface area contributed by atoms with Crippen molar-refractivity contribution in [3.8, 4) is 0 Å². The molecule has 1 N–H and O–H groups in total. The molecule has 1 fully saturated rings. The van der Waals surface area contributed by atoms with Crippen LogP contribution in [0.15, 0.2) is 18.6 Å². The van der Waals surface area contributed by atoms with Gasteiger partial charge >= 0.3 is 5.97 Å². The van der Waals surface area contributed by atoms with Gasteiger partial charge in [0, 0.05) is 30.4 Å². The molecular weight excluding hydrogens is 382 g/mol. The van der Waals surface area contributed by atoms with E-state index < -0.39 is 0 Å². The zero-order chi connectivity index (χ0) is 19.7. The lowest BCUT2D eigenvalue weighted by Crippen LogP contribution is -2.54. The zero-order valence-corrected chi connectivity index (χ0v) is 16.1. The molecule has 0 unspecified atom stereocenters. The largest absolute Gasteiger partial charge is 0.465 e. The van der Waals surface area contributed by atoms with Gasteiger partial charge in [0.15, 0.2) is 5.13 Å². The molecule has 4 rings (SSSR count). The molecule has 10 heteroatoms. The molecule has 1 atom stereocenters. The van der Waals surface area contributed by atoms with Crippen LogP contribution in [0.25, 0.3) is 0 Å². The Hall–Kier alpha value is -2.88. The molecule has 146 valence electrons. The number of aromatic nitrogens is 3. The van der Waals surface area contributed by atoms with Gasteiger partial charge in [-0.2, -0.15) is 0 Å². The van der Waals surface area contributed by atoms with E-state index in [4.69, 9.17) is 4.74 Å². The van der Waals surface area contributed by atoms with Gasteiger partial charge in [-0.15, -0.1) is 11.3 Å². The van der Waals surface area contributed by atoms with E-state index in [9.17, 15) is 14.4 Å². The number of hydrogen-bond acceptors (Lipinski definition) is 8. The van der Waals surface area contributed by atoms with Crippen molar-refractivity contribution in [3.63, 3.8) is 0 Å². The Bertz CT molecular complexity index is 910. The Morgan fingerprint density at radius 2 is 2.14 bits per heavy atom. The number of nitrogens with one attached hydrogen (secondary N) is 1. The number of thiazole rings is 1. The summed E-state index contributed by atoms with van der Waals surface area (Å²) in [5.74, 6) is -1.31. The first-order valence-electron chi connectivity index (χ1n) is 9.09. The van der Waals surface area contributed by atoms with E-state index in [2.05, 4.69) is 20.3 Å². The second-order valence-corrected chi connectivity index (χ2v) is 7.74. The van der Waals surface area contributed by atoms with Crippen LogP contribution in [0.4, 0.5) is 5.13 Å². The number of rotatable bonds is 5. The first-order chi connectivity index (χ1) is 13.6. The Kier molecular flexibility index (Phi) is 5.03. The molecule has 0 bridgehead atoms. The quantitative estimate of drug-likeness (QED) is 0.750.